The average Bonchev–Trinajstić information content (AvgIpc) is 2.60. The molecule has 0 heterocycles. The summed E-state index contributed by atoms with van der Waals surface area (Å²) in [6.45, 7) is 7.18. The van der Waals surface area contributed by atoms with Crippen molar-refractivity contribution < 1.29 is 22.7 Å². The number of sulfonamides is 1. The number of carbonyl (C=O) groups is 2. The van der Waals surface area contributed by atoms with Gasteiger partial charge in [-0.3, -0.25) is 9.52 Å². The molecule has 0 aliphatic carbocycles. The Balaban J connectivity index is 2.41. The molecule has 0 bridgehead atoms. The van der Waals surface area contributed by atoms with Crippen LogP contribution in [0.2, 0.25) is 0 Å². The third-order valence-electron chi connectivity index (χ3n) is 3.83. The maximum Gasteiger partial charge on any atom is 0.338 e. The normalized spacial score (nSPS) is 11.6. The monoisotopic (exact) mass is 404 g/mol. The number of anilines is 1. The van der Waals surface area contributed by atoms with Crippen molar-refractivity contribution in [1.29, 1.82) is 0 Å². The molecule has 0 spiro atoms. The van der Waals surface area contributed by atoms with Crippen molar-refractivity contribution in [3.8, 4) is 0 Å². The zero-order chi connectivity index (χ0) is 21.1. The predicted molar refractivity (Wildman–Crippen MR) is 107 cm³/mol. The number of ether oxygens (including phenoxy) is 1. The number of rotatable bonds is 5. The Morgan fingerprint density at radius 2 is 1.64 bits per heavy atom. The lowest BCUT2D eigenvalue weighted by Crippen LogP contribution is -2.40. The van der Waals surface area contributed by atoms with E-state index in [2.05, 4.69) is 10.0 Å². The van der Waals surface area contributed by atoms with Gasteiger partial charge in [-0.15, -0.1) is 0 Å². The quantitative estimate of drug-likeness (QED) is 0.746. The molecule has 28 heavy (non-hydrogen) atoms. The van der Waals surface area contributed by atoms with Crippen LogP contribution in [0.3, 0.4) is 0 Å². The van der Waals surface area contributed by atoms with Crippen molar-refractivity contribution >= 4 is 27.6 Å². The molecule has 0 saturated heterocycles. The number of para-hydroxylation sites is 1. The zero-order valence-electron chi connectivity index (χ0n) is 16.5. The second-order valence-electron chi connectivity index (χ2n) is 7.32. The highest BCUT2D eigenvalue weighted by Gasteiger charge is 2.22. The fourth-order valence-corrected chi connectivity index (χ4v) is 3.59. The maximum atomic E-state index is 12.8. The van der Waals surface area contributed by atoms with E-state index in [-0.39, 0.29) is 21.7 Å². The van der Waals surface area contributed by atoms with Crippen LogP contribution in [0.4, 0.5) is 5.69 Å². The van der Waals surface area contributed by atoms with Crippen LogP contribution in [0.5, 0.6) is 0 Å². The van der Waals surface area contributed by atoms with E-state index in [1.54, 1.807) is 19.1 Å². The molecule has 7 nitrogen and oxygen atoms in total. The van der Waals surface area contributed by atoms with Crippen molar-refractivity contribution in [3.05, 3.63) is 59.2 Å². The zero-order valence-corrected chi connectivity index (χ0v) is 17.3. The van der Waals surface area contributed by atoms with Crippen molar-refractivity contribution in [3.63, 3.8) is 0 Å². The molecule has 8 heteroatoms. The summed E-state index contributed by atoms with van der Waals surface area (Å²) in [5.74, 6) is -1.02. The van der Waals surface area contributed by atoms with Crippen molar-refractivity contribution in [1.82, 2.24) is 5.32 Å². The van der Waals surface area contributed by atoms with E-state index in [9.17, 15) is 18.0 Å². The Morgan fingerprint density at radius 1 is 1.00 bits per heavy atom. The number of nitrogens with one attached hydrogen (secondary N) is 2. The van der Waals surface area contributed by atoms with Gasteiger partial charge in [0.15, 0.2) is 0 Å². The fraction of sp³-hybridized carbons (Fsp3) is 0.300. The number of esters is 1. The minimum Gasteiger partial charge on any atom is -0.465 e. The number of benzene rings is 2. The van der Waals surface area contributed by atoms with E-state index in [4.69, 9.17) is 4.74 Å². The van der Waals surface area contributed by atoms with Gasteiger partial charge in [0.05, 0.1) is 28.8 Å². The van der Waals surface area contributed by atoms with Crippen LogP contribution in [-0.2, 0) is 14.8 Å². The highest BCUT2D eigenvalue weighted by Crippen LogP contribution is 2.23. The number of hydrogen-bond acceptors (Lipinski definition) is 5. The van der Waals surface area contributed by atoms with Crippen LogP contribution >= 0.6 is 0 Å². The number of methoxy groups -OCH3 is 1. The van der Waals surface area contributed by atoms with Gasteiger partial charge in [0, 0.05) is 5.54 Å². The molecule has 0 saturated carbocycles. The lowest BCUT2D eigenvalue weighted by Gasteiger charge is -2.21. The average molecular weight is 404 g/mol. The van der Waals surface area contributed by atoms with E-state index < -0.39 is 27.4 Å². The molecule has 2 N–H and O–H groups in total. The fourth-order valence-electron chi connectivity index (χ4n) is 2.48. The summed E-state index contributed by atoms with van der Waals surface area (Å²) in [6, 6.07) is 10.5. The van der Waals surface area contributed by atoms with Gasteiger partial charge >= 0.3 is 5.97 Å². The molecule has 2 rings (SSSR count). The van der Waals surface area contributed by atoms with E-state index in [0.717, 1.165) is 0 Å². The van der Waals surface area contributed by atoms with E-state index in [1.807, 2.05) is 20.8 Å². The van der Waals surface area contributed by atoms with Crippen LogP contribution in [0, 0.1) is 6.92 Å². The molecule has 0 unspecified atom stereocenters. The SMILES string of the molecule is COC(=O)c1cc(S(=O)(=O)Nc2ccccc2C(=O)NC(C)(C)C)ccc1C. The van der Waals surface area contributed by atoms with Crippen molar-refractivity contribution in [2.24, 2.45) is 0 Å². The van der Waals surface area contributed by atoms with Gasteiger partial charge in [-0.25, -0.2) is 13.2 Å². The summed E-state index contributed by atoms with van der Waals surface area (Å²) in [5.41, 5.74) is 0.612. The first-order valence-corrected chi connectivity index (χ1v) is 10.1. The lowest BCUT2D eigenvalue weighted by atomic mass is 10.1. The molecule has 0 radical (unpaired) electrons. The number of aryl methyl sites for hydroxylation is 1. The van der Waals surface area contributed by atoms with Crippen molar-refractivity contribution in [2.45, 2.75) is 38.1 Å². The number of carbonyl (C=O) groups excluding carboxylic acids is 2. The molecule has 0 aliphatic rings. The Labute approximate surface area is 165 Å². The topological polar surface area (TPSA) is 102 Å². The van der Waals surface area contributed by atoms with Crippen molar-refractivity contribution in [2.75, 3.05) is 11.8 Å². The molecule has 0 aromatic heterocycles. The first-order chi connectivity index (χ1) is 12.9. The standard InChI is InChI=1S/C20H24N2O5S/c1-13-10-11-14(12-16(13)19(24)27-5)28(25,26)22-17-9-7-6-8-15(17)18(23)21-20(2,3)4/h6-12,22H,1-5H3,(H,21,23). The van der Waals surface area contributed by atoms with E-state index in [0.29, 0.717) is 5.56 Å². The summed E-state index contributed by atoms with van der Waals surface area (Å²) in [7, 11) is -2.80. The second kappa shape index (κ2) is 8.02. The molecule has 0 aliphatic heterocycles. The first kappa shape index (κ1) is 21.4. The van der Waals surface area contributed by atoms with Gasteiger partial charge in [-0.2, -0.15) is 0 Å². The van der Waals surface area contributed by atoms with Gasteiger partial charge in [0.25, 0.3) is 15.9 Å². The Hall–Kier alpha value is -2.87. The molecular formula is C20H24N2O5S. The van der Waals surface area contributed by atoms with Gasteiger partial charge < -0.3 is 10.1 Å². The summed E-state index contributed by atoms with van der Waals surface area (Å²) in [6.07, 6.45) is 0. The third-order valence-corrected chi connectivity index (χ3v) is 5.19. The van der Waals surface area contributed by atoms with Crippen LogP contribution in [0.1, 0.15) is 47.1 Å². The molecule has 2 aromatic rings. The van der Waals surface area contributed by atoms with E-state index in [1.165, 1.54) is 37.4 Å². The highest BCUT2D eigenvalue weighted by molar-refractivity contribution is 7.92. The molecule has 0 atom stereocenters. The minimum atomic E-state index is -4.03. The number of hydrogen-bond donors (Lipinski definition) is 2. The third kappa shape index (κ3) is 5.10. The van der Waals surface area contributed by atoms with E-state index >= 15 is 0 Å². The molecule has 0 fully saturated rings. The van der Waals surface area contributed by atoms with Gasteiger partial charge in [-0.05, 0) is 57.5 Å². The number of amides is 1. The van der Waals surface area contributed by atoms with Gasteiger partial charge in [0.1, 0.15) is 0 Å². The minimum absolute atomic E-state index is 0.107. The lowest BCUT2D eigenvalue weighted by molar-refractivity contribution is 0.0599. The van der Waals surface area contributed by atoms with Crippen LogP contribution in [0.25, 0.3) is 0 Å². The molecular weight excluding hydrogens is 380 g/mol. The van der Waals surface area contributed by atoms with Gasteiger partial charge in [-0.1, -0.05) is 18.2 Å². The van der Waals surface area contributed by atoms with Crippen LogP contribution in [0.15, 0.2) is 47.4 Å². The largest absolute Gasteiger partial charge is 0.465 e. The Morgan fingerprint density at radius 3 is 2.25 bits per heavy atom. The highest BCUT2D eigenvalue weighted by atomic mass is 32.2. The second-order valence-corrected chi connectivity index (χ2v) is 9.01. The summed E-state index contributed by atoms with van der Waals surface area (Å²) in [5, 5.41) is 2.81. The van der Waals surface area contributed by atoms with Crippen LogP contribution in [-0.4, -0.2) is 32.9 Å². The molecule has 150 valence electrons. The van der Waals surface area contributed by atoms with Crippen LogP contribution < -0.4 is 10.0 Å². The molecule has 1 amide bonds. The molecule has 2 aromatic carbocycles. The first-order valence-electron chi connectivity index (χ1n) is 8.58. The Bertz CT molecular complexity index is 1010. The summed E-state index contributed by atoms with van der Waals surface area (Å²) < 4.78 is 32.8. The Kier molecular flexibility index (Phi) is 6.14. The predicted octanol–water partition coefficient (Wildman–Crippen LogP) is 3.11. The summed E-state index contributed by atoms with van der Waals surface area (Å²) in [4.78, 5) is 24.3. The van der Waals surface area contributed by atoms with Gasteiger partial charge in [0.2, 0.25) is 0 Å². The summed E-state index contributed by atoms with van der Waals surface area (Å²) >= 11 is 0. The smallest absolute Gasteiger partial charge is 0.338 e. The maximum absolute atomic E-state index is 12.8.